The summed E-state index contributed by atoms with van der Waals surface area (Å²) in [5.74, 6) is -0.226. The van der Waals surface area contributed by atoms with Crippen molar-refractivity contribution in [2.45, 2.75) is 276 Å². The van der Waals surface area contributed by atoms with Gasteiger partial charge in [-0.3, -0.25) is 9.36 Å². The number of rotatable bonds is 60. The minimum absolute atomic E-state index is 0.0169. The molecule has 0 aromatic carbocycles. The number of amides is 1. The van der Waals surface area contributed by atoms with E-state index in [0.717, 1.165) is 128 Å². The average molecular weight is 1170 g/mol. The number of carbonyl (C=O) groups is 1. The molecule has 0 saturated heterocycles. The minimum Gasteiger partial charge on any atom is -0.756 e. The van der Waals surface area contributed by atoms with Gasteiger partial charge in [0.05, 0.1) is 39.9 Å². The van der Waals surface area contributed by atoms with Crippen molar-refractivity contribution in [1.29, 1.82) is 0 Å². The average Bonchev–Trinajstić information content (AvgIpc) is 3.50. The first kappa shape index (κ1) is 79.4. The quantitative estimate of drug-likeness (QED) is 0.0272. The summed E-state index contributed by atoms with van der Waals surface area (Å²) >= 11 is 0. The maximum atomic E-state index is 13.0. The van der Waals surface area contributed by atoms with Crippen LogP contribution in [0.5, 0.6) is 0 Å². The highest BCUT2D eigenvalue weighted by Gasteiger charge is 2.23. The molecule has 9 heteroatoms. The number of aliphatic hydroxyl groups is 1. The number of unbranched alkanes of at least 4 members (excludes halogenated alkanes) is 25. The summed E-state index contributed by atoms with van der Waals surface area (Å²) in [6.45, 7) is 4.51. The van der Waals surface area contributed by atoms with E-state index in [2.05, 4.69) is 153 Å². The second-order valence-corrected chi connectivity index (χ2v) is 24.8. The Labute approximate surface area is 512 Å². The van der Waals surface area contributed by atoms with Gasteiger partial charge in [0.25, 0.3) is 7.82 Å². The molecule has 0 aliphatic heterocycles. The first-order chi connectivity index (χ1) is 40.5. The van der Waals surface area contributed by atoms with Crippen molar-refractivity contribution in [3.63, 3.8) is 0 Å². The zero-order chi connectivity index (χ0) is 60.5. The third-order valence-electron chi connectivity index (χ3n) is 14.3. The Kier molecular flexibility index (Phi) is 60.2. The van der Waals surface area contributed by atoms with E-state index < -0.39 is 26.6 Å². The van der Waals surface area contributed by atoms with Crippen LogP contribution in [0.4, 0.5) is 0 Å². The highest BCUT2D eigenvalue weighted by Crippen LogP contribution is 2.38. The number of likely N-dealkylation sites (N-methyl/N-ethyl adjacent to an activating group) is 1. The zero-order valence-electron chi connectivity index (χ0n) is 54.1. The lowest BCUT2D eigenvalue weighted by molar-refractivity contribution is -0.870. The van der Waals surface area contributed by atoms with Crippen LogP contribution in [0.2, 0.25) is 0 Å². The van der Waals surface area contributed by atoms with E-state index in [-0.39, 0.29) is 12.5 Å². The van der Waals surface area contributed by atoms with Gasteiger partial charge < -0.3 is 28.8 Å². The molecule has 3 unspecified atom stereocenters. The number of hydrogen-bond acceptors (Lipinski definition) is 6. The molecular formula is C74H127N2O6P. The maximum Gasteiger partial charge on any atom is 0.268 e. The van der Waals surface area contributed by atoms with E-state index in [0.29, 0.717) is 17.4 Å². The Morgan fingerprint density at radius 3 is 1.12 bits per heavy atom. The van der Waals surface area contributed by atoms with Gasteiger partial charge >= 0.3 is 0 Å². The molecule has 0 saturated carbocycles. The molecule has 8 nitrogen and oxygen atoms in total. The number of carbonyl (C=O) groups excluding carboxylic acids is 1. The van der Waals surface area contributed by atoms with Gasteiger partial charge in [-0.2, -0.15) is 0 Å². The van der Waals surface area contributed by atoms with Crippen molar-refractivity contribution in [1.82, 2.24) is 5.32 Å². The molecule has 2 N–H and O–H groups in total. The molecule has 474 valence electrons. The van der Waals surface area contributed by atoms with Crippen molar-refractivity contribution in [3.8, 4) is 0 Å². The van der Waals surface area contributed by atoms with Crippen molar-refractivity contribution >= 4 is 13.7 Å². The standard InChI is InChI=1S/C74H127N2O6P/c1-6-8-10-12-14-16-18-20-22-24-26-28-30-32-33-34-35-36-37-38-39-40-41-42-43-44-46-48-50-52-54-56-58-60-62-64-66-68-74(78)75-72(71-82-83(79,80)81-70-69-76(3,4)5)73(77)67-65-63-61-59-57-55-53-51-49-47-45-31-29-27-25-23-21-19-17-15-13-11-9-7-2/h8,10,14,16,20,22,26,28,32-33,35-36,38-39,41-42,44,46,50,52,57,59,65,67,72-73,77H,6-7,9,11-13,15,17-19,21,23-25,27,29-31,34,37,40,43,45,47-49,51,53-56,58,60-64,66,68-71H2,1-5H3,(H-,75,78,79,80)/b10-8-,16-14-,22-20-,28-26-,33-32-,36-35-,39-38-,42-41-,46-44-,52-50-,59-57+,67-65+. The molecule has 0 spiro atoms. The van der Waals surface area contributed by atoms with E-state index in [4.69, 9.17) is 9.05 Å². The van der Waals surface area contributed by atoms with E-state index in [1.165, 1.54) is 116 Å². The maximum absolute atomic E-state index is 13.0. The van der Waals surface area contributed by atoms with Crippen LogP contribution in [0.15, 0.2) is 146 Å². The summed E-state index contributed by atoms with van der Waals surface area (Å²) < 4.78 is 23.4. The van der Waals surface area contributed by atoms with Crippen LogP contribution in [0, 0.1) is 0 Å². The van der Waals surface area contributed by atoms with Gasteiger partial charge in [-0.05, 0) is 109 Å². The fraction of sp³-hybridized carbons (Fsp3) is 0.662. The van der Waals surface area contributed by atoms with Gasteiger partial charge in [-0.25, -0.2) is 0 Å². The number of phosphoric ester groups is 1. The van der Waals surface area contributed by atoms with Crippen molar-refractivity contribution < 1.29 is 32.9 Å². The monoisotopic (exact) mass is 1170 g/mol. The molecule has 0 rings (SSSR count). The summed E-state index contributed by atoms with van der Waals surface area (Å²) in [5, 5.41) is 13.9. The number of nitrogens with zero attached hydrogens (tertiary/aromatic N) is 1. The first-order valence-electron chi connectivity index (χ1n) is 33.7. The third kappa shape index (κ3) is 65.8. The van der Waals surface area contributed by atoms with Gasteiger partial charge in [-0.1, -0.05) is 295 Å². The van der Waals surface area contributed by atoms with Crippen LogP contribution in [0.3, 0.4) is 0 Å². The molecule has 1 amide bonds. The number of allylic oxidation sites excluding steroid dienone is 23. The molecule has 0 bridgehead atoms. The summed E-state index contributed by atoms with van der Waals surface area (Å²) in [6.07, 6.45) is 96.7. The molecule has 0 heterocycles. The Balaban J connectivity index is 4.24. The van der Waals surface area contributed by atoms with Crippen molar-refractivity contribution in [3.05, 3.63) is 146 Å². The molecule has 0 aliphatic carbocycles. The molecule has 0 aromatic heterocycles. The number of phosphoric acid groups is 1. The SMILES string of the molecule is CC/C=C\C/C=C\C/C=C\C/C=C\C/C=C\C/C=C\C/C=C\C/C=C\C/C=C\C/C=C\CCCCCCCCC(=O)NC(COP(=O)([O-])OCC[N+](C)(C)C)C(O)/C=C/CC/C=C/CCCCCCCCCCCCCCCCCCCC. The topological polar surface area (TPSA) is 108 Å². The van der Waals surface area contributed by atoms with E-state index in [1.54, 1.807) is 6.08 Å². The Morgan fingerprint density at radius 1 is 0.434 bits per heavy atom. The second-order valence-electron chi connectivity index (χ2n) is 23.4. The number of nitrogens with one attached hydrogen (secondary N) is 1. The summed E-state index contributed by atoms with van der Waals surface area (Å²) in [6, 6.07) is -0.924. The van der Waals surface area contributed by atoms with Gasteiger partial charge in [0.2, 0.25) is 5.91 Å². The molecular weight excluding hydrogens is 1040 g/mol. The van der Waals surface area contributed by atoms with Gasteiger partial charge in [0.1, 0.15) is 13.2 Å². The predicted octanol–water partition coefficient (Wildman–Crippen LogP) is 21.0. The smallest absolute Gasteiger partial charge is 0.268 e. The number of quaternary nitrogens is 1. The summed E-state index contributed by atoms with van der Waals surface area (Å²) in [5.41, 5.74) is 0. The lowest BCUT2D eigenvalue weighted by Gasteiger charge is -2.29. The minimum atomic E-state index is -4.63. The van der Waals surface area contributed by atoms with Gasteiger partial charge in [0.15, 0.2) is 0 Å². The third-order valence-corrected chi connectivity index (χ3v) is 15.2. The van der Waals surface area contributed by atoms with Crippen LogP contribution in [0.1, 0.15) is 264 Å². The van der Waals surface area contributed by atoms with Crippen LogP contribution in [-0.4, -0.2) is 68.5 Å². The highest BCUT2D eigenvalue weighted by atomic mass is 31.2. The highest BCUT2D eigenvalue weighted by molar-refractivity contribution is 7.45. The summed E-state index contributed by atoms with van der Waals surface area (Å²) in [7, 11) is 1.22. The van der Waals surface area contributed by atoms with Gasteiger partial charge in [0, 0.05) is 6.42 Å². The Morgan fingerprint density at radius 2 is 0.747 bits per heavy atom. The molecule has 0 aliphatic rings. The number of hydrogen-bond donors (Lipinski definition) is 2. The molecule has 0 fully saturated rings. The van der Waals surface area contributed by atoms with E-state index in [1.807, 2.05) is 27.2 Å². The van der Waals surface area contributed by atoms with Crippen LogP contribution in [0.25, 0.3) is 0 Å². The fourth-order valence-electron chi connectivity index (χ4n) is 9.08. The van der Waals surface area contributed by atoms with E-state index >= 15 is 0 Å². The van der Waals surface area contributed by atoms with Crippen molar-refractivity contribution in [2.75, 3.05) is 40.9 Å². The van der Waals surface area contributed by atoms with Crippen LogP contribution in [-0.2, 0) is 18.4 Å². The van der Waals surface area contributed by atoms with E-state index in [9.17, 15) is 19.4 Å². The second kappa shape index (κ2) is 62.9. The Hall–Kier alpha value is -3.62. The fourth-order valence-corrected chi connectivity index (χ4v) is 9.80. The lowest BCUT2D eigenvalue weighted by atomic mass is 10.0. The molecule has 83 heavy (non-hydrogen) atoms. The van der Waals surface area contributed by atoms with Crippen molar-refractivity contribution in [2.24, 2.45) is 0 Å². The van der Waals surface area contributed by atoms with Crippen LogP contribution >= 0.6 is 7.82 Å². The Bertz CT molecular complexity index is 1860. The summed E-state index contributed by atoms with van der Waals surface area (Å²) in [4.78, 5) is 25.6. The zero-order valence-corrected chi connectivity index (χ0v) is 55.0. The number of aliphatic hydroxyl groups excluding tert-OH is 1. The molecule has 0 radical (unpaired) electrons. The molecule has 0 aromatic rings. The predicted molar refractivity (Wildman–Crippen MR) is 361 cm³/mol. The lowest BCUT2D eigenvalue weighted by Crippen LogP contribution is -2.45. The van der Waals surface area contributed by atoms with Crippen LogP contribution < -0.4 is 10.2 Å². The molecule has 3 atom stereocenters. The van der Waals surface area contributed by atoms with Gasteiger partial charge in [-0.15, -0.1) is 0 Å². The normalized spacial score (nSPS) is 14.6. The largest absolute Gasteiger partial charge is 0.756 e. The first-order valence-corrected chi connectivity index (χ1v) is 35.2.